The number of nitrogens with one attached hydrogen (secondary N) is 2. The van der Waals surface area contributed by atoms with Gasteiger partial charge in [-0.25, -0.2) is 4.98 Å². The monoisotopic (exact) mass is 283 g/mol. The molecule has 0 amide bonds. The van der Waals surface area contributed by atoms with Gasteiger partial charge in [0.05, 0.1) is 6.33 Å². The van der Waals surface area contributed by atoms with E-state index < -0.39 is 0 Å². The SMILES string of the molecule is CCN(CC)CCn1cnc2c(=S)[nH]c(=S)[nH]c21. The Balaban J connectivity index is 2.29. The zero-order valence-corrected chi connectivity index (χ0v) is 12.2. The van der Waals surface area contributed by atoms with Crippen molar-refractivity contribution in [1.29, 1.82) is 0 Å². The molecule has 0 unspecified atom stereocenters. The van der Waals surface area contributed by atoms with Gasteiger partial charge in [-0.3, -0.25) is 0 Å². The fourth-order valence-corrected chi connectivity index (χ4v) is 2.45. The maximum atomic E-state index is 5.21. The van der Waals surface area contributed by atoms with Gasteiger partial charge in [0.25, 0.3) is 0 Å². The molecule has 0 saturated heterocycles. The number of rotatable bonds is 5. The first-order valence-electron chi connectivity index (χ1n) is 6.05. The van der Waals surface area contributed by atoms with Crippen molar-refractivity contribution in [3.8, 4) is 0 Å². The Morgan fingerprint density at radius 3 is 2.67 bits per heavy atom. The molecule has 2 heterocycles. The van der Waals surface area contributed by atoms with Crippen molar-refractivity contribution in [2.24, 2.45) is 0 Å². The molecule has 5 nitrogen and oxygen atoms in total. The Hall–Kier alpha value is -1.05. The number of likely N-dealkylation sites (N-methyl/N-ethyl adjacent to an activating group) is 1. The number of nitrogens with zero attached hydrogens (tertiary/aromatic N) is 3. The van der Waals surface area contributed by atoms with Gasteiger partial charge in [-0.15, -0.1) is 0 Å². The average molecular weight is 283 g/mol. The Bertz CT molecular complexity index is 635. The first kappa shape index (κ1) is 13.4. The lowest BCUT2D eigenvalue weighted by atomic mass is 10.4. The fourth-order valence-electron chi connectivity index (χ4n) is 1.94. The van der Waals surface area contributed by atoms with Gasteiger partial charge in [0.1, 0.15) is 15.8 Å². The number of hydrogen-bond donors (Lipinski definition) is 2. The minimum absolute atomic E-state index is 0.539. The van der Waals surface area contributed by atoms with E-state index in [-0.39, 0.29) is 0 Å². The van der Waals surface area contributed by atoms with Gasteiger partial charge in [-0.05, 0) is 25.3 Å². The van der Waals surface area contributed by atoms with Crippen LogP contribution in [0.4, 0.5) is 0 Å². The average Bonchev–Trinajstić information content (AvgIpc) is 2.74. The van der Waals surface area contributed by atoms with Crippen molar-refractivity contribution in [1.82, 2.24) is 24.4 Å². The number of fused-ring (bicyclic) bond motifs is 1. The van der Waals surface area contributed by atoms with E-state index >= 15 is 0 Å². The summed E-state index contributed by atoms with van der Waals surface area (Å²) in [6.07, 6.45) is 1.81. The van der Waals surface area contributed by atoms with Crippen molar-refractivity contribution >= 4 is 35.6 Å². The number of aromatic amines is 2. The van der Waals surface area contributed by atoms with Crippen LogP contribution in [0, 0.1) is 9.41 Å². The summed E-state index contributed by atoms with van der Waals surface area (Å²) in [4.78, 5) is 12.7. The van der Waals surface area contributed by atoms with Crippen LogP contribution in [0.25, 0.3) is 11.2 Å². The normalized spacial score (nSPS) is 11.5. The summed E-state index contributed by atoms with van der Waals surface area (Å²) >= 11 is 10.3. The highest BCUT2D eigenvalue weighted by Gasteiger charge is 2.06. The summed E-state index contributed by atoms with van der Waals surface area (Å²) in [6.45, 7) is 8.31. The van der Waals surface area contributed by atoms with E-state index in [0.717, 1.165) is 37.3 Å². The van der Waals surface area contributed by atoms with E-state index in [9.17, 15) is 0 Å². The molecular formula is C11H17N5S2. The van der Waals surface area contributed by atoms with Crippen molar-refractivity contribution in [3.05, 3.63) is 15.7 Å². The van der Waals surface area contributed by atoms with Crippen LogP contribution in [-0.2, 0) is 6.54 Å². The summed E-state index contributed by atoms with van der Waals surface area (Å²) in [5.74, 6) is 0. The second-order valence-electron chi connectivity index (χ2n) is 4.07. The van der Waals surface area contributed by atoms with Crippen LogP contribution in [-0.4, -0.2) is 44.1 Å². The molecule has 2 N–H and O–H groups in total. The van der Waals surface area contributed by atoms with Crippen molar-refractivity contribution in [2.75, 3.05) is 19.6 Å². The Morgan fingerprint density at radius 1 is 1.28 bits per heavy atom. The molecular weight excluding hydrogens is 266 g/mol. The molecule has 0 aliphatic heterocycles. The van der Waals surface area contributed by atoms with Crippen molar-refractivity contribution in [2.45, 2.75) is 20.4 Å². The third-order valence-corrected chi connectivity index (χ3v) is 3.56. The van der Waals surface area contributed by atoms with E-state index in [1.807, 2.05) is 6.33 Å². The summed E-state index contributed by atoms with van der Waals surface area (Å²) in [7, 11) is 0. The highest BCUT2D eigenvalue weighted by atomic mass is 32.1. The number of hydrogen-bond acceptors (Lipinski definition) is 4. The molecule has 2 aromatic heterocycles. The molecule has 0 spiro atoms. The topological polar surface area (TPSA) is 52.6 Å². The van der Waals surface area contributed by atoms with Gasteiger partial charge in [0.2, 0.25) is 0 Å². The number of aromatic nitrogens is 4. The minimum Gasteiger partial charge on any atom is -0.322 e. The molecule has 0 aromatic carbocycles. The Morgan fingerprint density at radius 2 is 2.00 bits per heavy atom. The molecule has 0 aliphatic rings. The Kier molecular flexibility index (Phi) is 4.26. The molecule has 0 atom stereocenters. The standard InChI is InChI=1S/C11H17N5S2/c1-3-15(4-2)5-6-16-7-12-8-9(16)13-11(18)14-10(8)17/h7H,3-6H2,1-2H3,(H2,13,14,17,18). The lowest BCUT2D eigenvalue weighted by molar-refractivity contribution is 0.291. The van der Waals surface area contributed by atoms with Crippen LogP contribution in [0.5, 0.6) is 0 Å². The highest BCUT2D eigenvalue weighted by Crippen LogP contribution is 2.10. The second-order valence-corrected chi connectivity index (χ2v) is 4.89. The summed E-state index contributed by atoms with van der Waals surface area (Å²) in [6, 6.07) is 0. The van der Waals surface area contributed by atoms with Gasteiger partial charge in [-0.1, -0.05) is 26.1 Å². The second kappa shape index (κ2) is 5.73. The third-order valence-electron chi connectivity index (χ3n) is 3.06. The largest absolute Gasteiger partial charge is 0.322 e. The summed E-state index contributed by atoms with van der Waals surface area (Å²) in [5.41, 5.74) is 1.68. The van der Waals surface area contributed by atoms with E-state index in [0.29, 0.717) is 9.41 Å². The molecule has 0 bridgehead atoms. The molecule has 0 radical (unpaired) electrons. The van der Waals surface area contributed by atoms with E-state index in [1.54, 1.807) is 0 Å². The Labute approximate surface area is 116 Å². The van der Waals surface area contributed by atoms with Gasteiger partial charge in [-0.2, -0.15) is 0 Å². The quantitative estimate of drug-likeness (QED) is 0.828. The molecule has 2 aromatic rings. The predicted octanol–water partition coefficient (Wildman–Crippen LogP) is 2.49. The lowest BCUT2D eigenvalue weighted by Crippen LogP contribution is -2.26. The highest BCUT2D eigenvalue weighted by molar-refractivity contribution is 7.72. The maximum Gasteiger partial charge on any atom is 0.177 e. The maximum absolute atomic E-state index is 5.21. The van der Waals surface area contributed by atoms with Crippen LogP contribution >= 0.6 is 24.4 Å². The van der Waals surface area contributed by atoms with E-state index in [4.69, 9.17) is 24.4 Å². The lowest BCUT2D eigenvalue weighted by Gasteiger charge is -2.18. The predicted molar refractivity (Wildman–Crippen MR) is 77.9 cm³/mol. The first-order chi connectivity index (χ1) is 8.65. The number of imidazole rings is 1. The molecule has 7 heteroatoms. The van der Waals surface area contributed by atoms with Crippen LogP contribution in [0.2, 0.25) is 0 Å². The zero-order valence-electron chi connectivity index (χ0n) is 10.6. The zero-order chi connectivity index (χ0) is 13.1. The smallest absolute Gasteiger partial charge is 0.177 e. The minimum atomic E-state index is 0.539. The molecule has 98 valence electrons. The third kappa shape index (κ3) is 2.68. The van der Waals surface area contributed by atoms with E-state index in [2.05, 4.69) is 38.3 Å². The molecule has 0 aliphatic carbocycles. The fraction of sp³-hybridized carbons (Fsp3) is 0.545. The van der Waals surface area contributed by atoms with Crippen molar-refractivity contribution < 1.29 is 0 Å². The van der Waals surface area contributed by atoms with Gasteiger partial charge >= 0.3 is 0 Å². The van der Waals surface area contributed by atoms with Crippen LogP contribution in [0.3, 0.4) is 0 Å². The van der Waals surface area contributed by atoms with Gasteiger partial charge in [0.15, 0.2) is 4.77 Å². The molecule has 2 rings (SSSR count). The molecule has 0 fully saturated rings. The summed E-state index contributed by atoms with van der Waals surface area (Å²) in [5, 5.41) is 0. The molecule has 0 saturated carbocycles. The van der Waals surface area contributed by atoms with E-state index in [1.165, 1.54) is 0 Å². The summed E-state index contributed by atoms with van der Waals surface area (Å²) < 4.78 is 3.19. The van der Waals surface area contributed by atoms with Crippen molar-refractivity contribution in [3.63, 3.8) is 0 Å². The van der Waals surface area contributed by atoms with Gasteiger partial charge < -0.3 is 19.4 Å². The van der Waals surface area contributed by atoms with Crippen LogP contribution < -0.4 is 0 Å². The molecule has 18 heavy (non-hydrogen) atoms. The first-order valence-corrected chi connectivity index (χ1v) is 6.87. The van der Waals surface area contributed by atoms with Gasteiger partial charge in [0, 0.05) is 13.1 Å². The van der Waals surface area contributed by atoms with Crippen LogP contribution in [0.1, 0.15) is 13.8 Å². The number of H-pyrrole nitrogens is 2. The van der Waals surface area contributed by atoms with Crippen LogP contribution in [0.15, 0.2) is 6.33 Å².